The summed E-state index contributed by atoms with van der Waals surface area (Å²) < 4.78 is 0. The van der Waals surface area contributed by atoms with Gasteiger partial charge in [-0.1, -0.05) is 30.3 Å². The number of benzene rings is 2. The van der Waals surface area contributed by atoms with E-state index in [1.807, 2.05) is 32.0 Å². The topological polar surface area (TPSA) is 79.6 Å². The molecule has 25 heavy (non-hydrogen) atoms. The standard InChI is InChI=1S/C18H18N4O2S/c1-13-7-5-8-14(2)17(13)20-18(25)21-19-12-6-10-15-9-3-4-11-16(15)22(23)24/h3-12H,1-2H3,(H2,20,21,25)/b10-6+,19-12-. The third-order valence-corrected chi connectivity index (χ3v) is 3.65. The van der Waals surface area contributed by atoms with Crippen molar-refractivity contribution in [2.45, 2.75) is 13.8 Å². The van der Waals surface area contributed by atoms with Crippen molar-refractivity contribution in [3.8, 4) is 0 Å². The van der Waals surface area contributed by atoms with E-state index in [2.05, 4.69) is 15.8 Å². The monoisotopic (exact) mass is 354 g/mol. The van der Waals surface area contributed by atoms with Crippen LogP contribution < -0.4 is 10.7 Å². The van der Waals surface area contributed by atoms with E-state index in [1.54, 1.807) is 30.4 Å². The van der Waals surface area contributed by atoms with Crippen LogP contribution >= 0.6 is 12.2 Å². The number of nitro benzene ring substituents is 1. The largest absolute Gasteiger partial charge is 0.331 e. The van der Waals surface area contributed by atoms with E-state index >= 15 is 0 Å². The number of allylic oxidation sites excluding steroid dienone is 1. The fourth-order valence-electron chi connectivity index (χ4n) is 2.23. The van der Waals surface area contributed by atoms with Gasteiger partial charge in [0.25, 0.3) is 5.69 Å². The normalized spacial score (nSPS) is 11.0. The van der Waals surface area contributed by atoms with Crippen molar-refractivity contribution in [2.75, 3.05) is 5.32 Å². The van der Waals surface area contributed by atoms with Gasteiger partial charge in [0.15, 0.2) is 5.11 Å². The highest BCUT2D eigenvalue weighted by Crippen LogP contribution is 2.19. The minimum absolute atomic E-state index is 0.0484. The predicted octanol–water partition coefficient (Wildman–Crippen LogP) is 4.20. The first-order chi connectivity index (χ1) is 12.0. The highest BCUT2D eigenvalue weighted by Gasteiger charge is 2.08. The number of nitrogens with zero attached hydrogens (tertiary/aromatic N) is 2. The molecule has 7 heteroatoms. The Morgan fingerprint density at radius 3 is 2.52 bits per heavy atom. The molecule has 0 aromatic heterocycles. The average molecular weight is 354 g/mol. The second kappa shape index (κ2) is 8.70. The van der Waals surface area contributed by atoms with Crippen molar-refractivity contribution in [3.63, 3.8) is 0 Å². The van der Waals surface area contributed by atoms with Gasteiger partial charge >= 0.3 is 0 Å². The molecular weight excluding hydrogens is 336 g/mol. The van der Waals surface area contributed by atoms with Crippen LogP contribution in [0.15, 0.2) is 53.6 Å². The number of thiocarbonyl (C=S) groups is 1. The molecule has 0 saturated carbocycles. The number of hydrogen-bond donors (Lipinski definition) is 2. The van der Waals surface area contributed by atoms with Gasteiger partial charge in [0.2, 0.25) is 0 Å². The molecule has 0 spiro atoms. The summed E-state index contributed by atoms with van der Waals surface area (Å²) in [6, 6.07) is 12.5. The Morgan fingerprint density at radius 2 is 1.84 bits per heavy atom. The van der Waals surface area contributed by atoms with Crippen molar-refractivity contribution in [2.24, 2.45) is 5.10 Å². The van der Waals surface area contributed by atoms with Crippen LogP contribution in [0, 0.1) is 24.0 Å². The number of aryl methyl sites for hydroxylation is 2. The Balaban J connectivity index is 1.93. The van der Waals surface area contributed by atoms with Crippen molar-refractivity contribution in [1.82, 2.24) is 5.43 Å². The van der Waals surface area contributed by atoms with Gasteiger partial charge in [-0.05, 0) is 55.4 Å². The SMILES string of the molecule is Cc1cccc(C)c1NC(=S)N/N=C\C=C\c1ccccc1[N+](=O)[O-]. The van der Waals surface area contributed by atoms with Crippen LogP contribution in [0.5, 0.6) is 0 Å². The number of hydrogen-bond acceptors (Lipinski definition) is 4. The molecule has 0 bridgehead atoms. The zero-order chi connectivity index (χ0) is 18.2. The van der Waals surface area contributed by atoms with E-state index in [4.69, 9.17) is 12.2 Å². The Hall–Kier alpha value is -3.06. The molecule has 0 radical (unpaired) electrons. The Labute approximate surface area is 151 Å². The Morgan fingerprint density at radius 1 is 1.16 bits per heavy atom. The van der Waals surface area contributed by atoms with Crippen LogP contribution in [-0.4, -0.2) is 16.3 Å². The number of rotatable bonds is 5. The van der Waals surface area contributed by atoms with Gasteiger partial charge in [-0.3, -0.25) is 15.5 Å². The van der Waals surface area contributed by atoms with Gasteiger partial charge in [-0.2, -0.15) is 5.10 Å². The third-order valence-electron chi connectivity index (χ3n) is 3.46. The Kier molecular flexibility index (Phi) is 6.36. The second-order valence-electron chi connectivity index (χ2n) is 5.29. The number of nitro groups is 1. The number of hydrazone groups is 1. The maximum absolute atomic E-state index is 10.9. The summed E-state index contributed by atoms with van der Waals surface area (Å²) in [6.45, 7) is 3.99. The molecule has 0 amide bonds. The summed E-state index contributed by atoms with van der Waals surface area (Å²) in [6.07, 6.45) is 4.71. The van der Waals surface area contributed by atoms with Crippen molar-refractivity contribution in [1.29, 1.82) is 0 Å². The maximum atomic E-state index is 10.9. The molecular formula is C18H18N4O2S. The van der Waals surface area contributed by atoms with Gasteiger partial charge < -0.3 is 5.32 Å². The molecule has 6 nitrogen and oxygen atoms in total. The highest BCUT2D eigenvalue weighted by atomic mass is 32.1. The van der Waals surface area contributed by atoms with Crippen LogP contribution in [0.25, 0.3) is 6.08 Å². The summed E-state index contributed by atoms with van der Waals surface area (Å²) in [5.41, 5.74) is 6.40. The number of anilines is 1. The van der Waals surface area contributed by atoms with Gasteiger partial charge in [0.1, 0.15) is 0 Å². The van der Waals surface area contributed by atoms with Crippen molar-refractivity contribution >= 4 is 41.0 Å². The molecule has 0 aliphatic heterocycles. The average Bonchev–Trinajstić information content (AvgIpc) is 2.58. The molecule has 0 saturated heterocycles. The molecule has 0 aliphatic rings. The minimum Gasteiger partial charge on any atom is -0.331 e. The minimum atomic E-state index is -0.418. The van der Waals surface area contributed by atoms with Crippen molar-refractivity contribution in [3.05, 3.63) is 75.3 Å². The summed E-state index contributed by atoms with van der Waals surface area (Å²) in [7, 11) is 0. The third kappa shape index (κ3) is 5.22. The quantitative estimate of drug-likeness (QED) is 0.364. The Bertz CT molecular complexity index is 826. The summed E-state index contributed by atoms with van der Waals surface area (Å²) in [5, 5.41) is 18.4. The smallest absolute Gasteiger partial charge is 0.276 e. The summed E-state index contributed by atoms with van der Waals surface area (Å²) >= 11 is 5.20. The van der Waals surface area contributed by atoms with Crippen LogP contribution in [0.1, 0.15) is 16.7 Å². The molecule has 0 aliphatic carbocycles. The van der Waals surface area contributed by atoms with E-state index in [0.717, 1.165) is 16.8 Å². The van der Waals surface area contributed by atoms with Gasteiger partial charge in [0.05, 0.1) is 10.5 Å². The fourth-order valence-corrected chi connectivity index (χ4v) is 2.39. The molecule has 2 rings (SSSR count). The lowest BCUT2D eigenvalue weighted by Crippen LogP contribution is -2.24. The van der Waals surface area contributed by atoms with E-state index in [1.165, 1.54) is 12.3 Å². The number of nitrogens with one attached hydrogen (secondary N) is 2. The summed E-state index contributed by atoms with van der Waals surface area (Å²) in [5.74, 6) is 0. The molecule has 0 heterocycles. The van der Waals surface area contributed by atoms with E-state index in [-0.39, 0.29) is 5.69 Å². The van der Waals surface area contributed by atoms with E-state index < -0.39 is 4.92 Å². The molecule has 0 atom stereocenters. The molecule has 2 N–H and O–H groups in total. The first-order valence-electron chi connectivity index (χ1n) is 7.55. The maximum Gasteiger partial charge on any atom is 0.276 e. The lowest BCUT2D eigenvalue weighted by atomic mass is 10.1. The van der Waals surface area contributed by atoms with Crippen LogP contribution in [0.3, 0.4) is 0 Å². The molecule has 0 fully saturated rings. The lowest BCUT2D eigenvalue weighted by Gasteiger charge is -2.12. The zero-order valence-electron chi connectivity index (χ0n) is 13.9. The van der Waals surface area contributed by atoms with E-state index in [0.29, 0.717) is 10.7 Å². The van der Waals surface area contributed by atoms with Crippen LogP contribution in [-0.2, 0) is 0 Å². The zero-order valence-corrected chi connectivity index (χ0v) is 14.7. The fraction of sp³-hybridized carbons (Fsp3) is 0.111. The first-order valence-corrected chi connectivity index (χ1v) is 7.96. The molecule has 0 unspecified atom stereocenters. The predicted molar refractivity (Wildman–Crippen MR) is 106 cm³/mol. The molecule has 2 aromatic rings. The molecule has 2 aromatic carbocycles. The molecule has 128 valence electrons. The van der Waals surface area contributed by atoms with Crippen LogP contribution in [0.4, 0.5) is 11.4 Å². The summed E-state index contributed by atoms with van der Waals surface area (Å²) in [4.78, 5) is 10.5. The van der Waals surface area contributed by atoms with Gasteiger partial charge in [0, 0.05) is 18.0 Å². The number of para-hydroxylation sites is 2. The van der Waals surface area contributed by atoms with Crippen LogP contribution in [0.2, 0.25) is 0 Å². The highest BCUT2D eigenvalue weighted by molar-refractivity contribution is 7.80. The van der Waals surface area contributed by atoms with Gasteiger partial charge in [-0.25, -0.2) is 0 Å². The van der Waals surface area contributed by atoms with Crippen molar-refractivity contribution < 1.29 is 4.92 Å². The second-order valence-corrected chi connectivity index (χ2v) is 5.69. The van der Waals surface area contributed by atoms with Gasteiger partial charge in [-0.15, -0.1) is 0 Å². The van der Waals surface area contributed by atoms with E-state index in [9.17, 15) is 10.1 Å². The first kappa shape index (κ1) is 18.3. The lowest BCUT2D eigenvalue weighted by molar-refractivity contribution is -0.385.